The van der Waals surface area contributed by atoms with Crippen LogP contribution in [0.1, 0.15) is 29.2 Å². The molecule has 4 rings (SSSR count). The maximum absolute atomic E-state index is 12.8. The summed E-state index contributed by atoms with van der Waals surface area (Å²) >= 11 is 0. The molecule has 1 fully saturated rings. The maximum Gasteiger partial charge on any atom is 0.325 e. The molecule has 2 aromatic carbocycles. The minimum atomic E-state index is -0.495. The molecule has 9 heteroatoms. The lowest BCUT2D eigenvalue weighted by molar-refractivity contribution is -0.139. The number of hydrogen-bond donors (Lipinski definition) is 5. The van der Waals surface area contributed by atoms with E-state index in [1.165, 1.54) is 6.20 Å². The molecular weight excluding hydrogens is 430 g/mol. The topological polar surface area (TPSA) is 152 Å². The minimum absolute atomic E-state index is 0.179. The summed E-state index contributed by atoms with van der Waals surface area (Å²) in [5.74, 6) is 5.54. The van der Waals surface area contributed by atoms with Crippen LogP contribution in [0, 0.1) is 6.92 Å². The summed E-state index contributed by atoms with van der Waals surface area (Å²) in [6.45, 7) is 1.98. The van der Waals surface area contributed by atoms with E-state index in [1.54, 1.807) is 6.20 Å². The second-order valence-corrected chi connectivity index (χ2v) is 7.76. The fourth-order valence-corrected chi connectivity index (χ4v) is 3.53. The van der Waals surface area contributed by atoms with Gasteiger partial charge in [-0.1, -0.05) is 60.7 Å². The van der Waals surface area contributed by atoms with Gasteiger partial charge >= 0.3 is 6.03 Å². The van der Waals surface area contributed by atoms with Crippen LogP contribution in [0.3, 0.4) is 0 Å². The highest BCUT2D eigenvalue weighted by Gasteiger charge is 2.43. The highest BCUT2D eigenvalue weighted by atomic mass is 16.2. The average Bonchev–Trinajstić information content (AvgIpc) is 2.82. The number of carbonyl (C=O) groups is 2. The molecule has 1 aromatic heterocycles. The van der Waals surface area contributed by atoms with Crippen LogP contribution in [0.5, 0.6) is 0 Å². The minimum Gasteiger partial charge on any atom is -0.399 e. The third kappa shape index (κ3) is 6.11. The summed E-state index contributed by atoms with van der Waals surface area (Å²) in [7, 11) is 0. The normalized spacial score (nSPS) is 15.1. The number of anilines is 1. The molecule has 9 nitrogen and oxygen atoms in total. The number of imide groups is 1. The number of rotatable bonds is 5. The molecule has 0 radical (unpaired) electrons. The number of aromatic nitrogens is 1. The van der Waals surface area contributed by atoms with Crippen molar-refractivity contribution in [3.05, 3.63) is 108 Å². The maximum atomic E-state index is 12.8. The first kappa shape index (κ1) is 24.3. The number of benzene rings is 2. The van der Waals surface area contributed by atoms with E-state index in [2.05, 4.69) is 15.7 Å². The number of urea groups is 1. The lowest BCUT2D eigenvalue weighted by Crippen LogP contribution is -2.61. The van der Waals surface area contributed by atoms with Crippen molar-refractivity contribution in [2.75, 3.05) is 5.73 Å². The van der Waals surface area contributed by atoms with E-state index < -0.39 is 12.1 Å². The monoisotopic (exact) mass is 459 g/mol. The van der Waals surface area contributed by atoms with Gasteiger partial charge in [0.15, 0.2) is 0 Å². The molecule has 0 saturated carbocycles. The third-order valence-electron chi connectivity index (χ3n) is 5.27. The number of carbonyl (C=O) groups excluding carboxylic acids is 2. The lowest BCUT2D eigenvalue weighted by Gasteiger charge is -2.39. The van der Waals surface area contributed by atoms with Crippen molar-refractivity contribution in [2.24, 2.45) is 11.6 Å². The number of hydrazine groups is 1. The largest absolute Gasteiger partial charge is 0.399 e. The fraction of sp³-hybridized carbons (Fsp3) is 0.160. The van der Waals surface area contributed by atoms with E-state index in [-0.39, 0.29) is 18.4 Å². The van der Waals surface area contributed by atoms with E-state index in [0.29, 0.717) is 11.5 Å². The molecule has 8 N–H and O–H groups in total. The van der Waals surface area contributed by atoms with Crippen LogP contribution in [-0.4, -0.2) is 27.9 Å². The Balaban J connectivity index is 0.000000343. The molecule has 1 atom stereocenters. The van der Waals surface area contributed by atoms with Crippen LogP contribution in [0.15, 0.2) is 90.9 Å². The number of nitrogens with one attached hydrogen (secondary N) is 2. The molecule has 0 spiro atoms. The van der Waals surface area contributed by atoms with E-state index >= 15 is 0 Å². The number of nitrogens with zero attached hydrogens (tertiary/aromatic N) is 2. The Hall–Kier alpha value is -4.37. The summed E-state index contributed by atoms with van der Waals surface area (Å²) < 4.78 is 0. The molecule has 0 aliphatic carbocycles. The van der Waals surface area contributed by atoms with Crippen molar-refractivity contribution in [1.29, 1.82) is 0 Å². The molecule has 1 saturated heterocycles. The van der Waals surface area contributed by atoms with Crippen molar-refractivity contribution in [3.63, 3.8) is 0 Å². The summed E-state index contributed by atoms with van der Waals surface area (Å²) in [5.41, 5.74) is 16.9. The number of hydrogen-bond acceptors (Lipinski definition) is 7. The smallest absolute Gasteiger partial charge is 0.325 e. The summed E-state index contributed by atoms with van der Waals surface area (Å²) in [6, 6.07) is 21.5. The zero-order chi connectivity index (χ0) is 24.5. The first-order valence-corrected chi connectivity index (χ1v) is 10.7. The molecule has 2 heterocycles. The number of pyridine rings is 1. The number of nitrogen functional groups attached to an aromatic ring is 1. The van der Waals surface area contributed by atoms with E-state index in [1.807, 2.05) is 79.7 Å². The van der Waals surface area contributed by atoms with Gasteiger partial charge < -0.3 is 22.2 Å². The van der Waals surface area contributed by atoms with Crippen LogP contribution < -0.4 is 28.1 Å². The van der Waals surface area contributed by atoms with Crippen molar-refractivity contribution in [3.8, 4) is 0 Å². The molecule has 34 heavy (non-hydrogen) atoms. The van der Waals surface area contributed by atoms with Crippen molar-refractivity contribution in [2.45, 2.75) is 25.4 Å². The van der Waals surface area contributed by atoms with Crippen LogP contribution in [0.4, 0.5) is 10.6 Å². The van der Waals surface area contributed by atoms with Crippen molar-refractivity contribution in [1.82, 2.24) is 20.6 Å². The first-order chi connectivity index (χ1) is 16.4. The number of aryl methyl sites for hydroxylation is 1. The van der Waals surface area contributed by atoms with Crippen LogP contribution in [0.25, 0.3) is 0 Å². The third-order valence-corrected chi connectivity index (χ3v) is 5.27. The van der Waals surface area contributed by atoms with Gasteiger partial charge in [-0.25, -0.2) is 9.78 Å². The van der Waals surface area contributed by atoms with Crippen molar-refractivity contribution >= 4 is 17.8 Å². The fourth-order valence-electron chi connectivity index (χ4n) is 3.53. The molecule has 3 aromatic rings. The second kappa shape index (κ2) is 11.5. The van der Waals surface area contributed by atoms with Crippen molar-refractivity contribution < 1.29 is 9.59 Å². The molecular formula is C25H29N7O2. The first-order valence-electron chi connectivity index (χ1n) is 10.7. The Morgan fingerprint density at radius 3 is 2.12 bits per heavy atom. The highest BCUT2D eigenvalue weighted by Crippen LogP contribution is 2.26. The predicted molar refractivity (Wildman–Crippen MR) is 131 cm³/mol. The van der Waals surface area contributed by atoms with Gasteiger partial charge in [0.2, 0.25) is 5.91 Å². The molecule has 1 unspecified atom stereocenters. The molecule has 1 aliphatic heterocycles. The second-order valence-electron chi connectivity index (χ2n) is 7.76. The average molecular weight is 460 g/mol. The van der Waals surface area contributed by atoms with E-state index in [9.17, 15) is 9.59 Å². The Morgan fingerprint density at radius 2 is 1.68 bits per heavy atom. The number of likely N-dealkylation sites (tertiary alicyclic amines) is 1. The molecule has 3 amide bonds. The van der Waals surface area contributed by atoms with Crippen LogP contribution in [-0.2, 0) is 4.79 Å². The van der Waals surface area contributed by atoms with Gasteiger partial charge in [0.05, 0.1) is 18.5 Å². The summed E-state index contributed by atoms with van der Waals surface area (Å²) in [6.07, 6.45) is 3.26. The molecule has 0 bridgehead atoms. The zero-order valence-electron chi connectivity index (χ0n) is 18.9. The number of β-lactam (4-membered cyclic amide) rings is 1. The zero-order valence-corrected chi connectivity index (χ0v) is 18.9. The Bertz CT molecular complexity index is 1080. The Morgan fingerprint density at radius 1 is 1.09 bits per heavy atom. The van der Waals surface area contributed by atoms with Gasteiger partial charge in [0, 0.05) is 18.1 Å². The molecule has 1 aliphatic rings. The predicted octanol–water partition coefficient (Wildman–Crippen LogP) is 2.32. The van der Waals surface area contributed by atoms with Gasteiger partial charge in [-0.15, -0.1) is 0 Å². The van der Waals surface area contributed by atoms with Crippen LogP contribution in [0.2, 0.25) is 0 Å². The van der Waals surface area contributed by atoms with Gasteiger partial charge in [-0.2, -0.15) is 0 Å². The highest BCUT2D eigenvalue weighted by molar-refractivity contribution is 6.00. The Labute approximate surface area is 198 Å². The van der Waals surface area contributed by atoms with Crippen LogP contribution >= 0.6 is 0 Å². The van der Waals surface area contributed by atoms with E-state index in [4.69, 9.17) is 17.3 Å². The van der Waals surface area contributed by atoms with Gasteiger partial charge in [-0.3, -0.25) is 15.5 Å². The quantitative estimate of drug-likeness (QED) is 0.223. The number of amides is 3. The van der Waals surface area contributed by atoms with Gasteiger partial charge in [-0.05, 0) is 35.7 Å². The summed E-state index contributed by atoms with van der Waals surface area (Å²) in [4.78, 5) is 29.7. The van der Waals surface area contributed by atoms with Gasteiger partial charge in [0.1, 0.15) is 5.82 Å². The number of nitrogens with two attached hydrogens (primary N) is 3. The SMILES string of the molecule is Cc1ccnc(N)c1.NN/C=C(\N)C1CC(=O)N1C(=O)NC(c1ccccc1)c1ccccc1. The Kier molecular flexibility index (Phi) is 8.20. The van der Waals surface area contributed by atoms with Gasteiger partial charge in [0.25, 0.3) is 0 Å². The standard InChI is InChI=1S/C19H21N5O2.C6H8N2/c20-15(12-22-21)16-11-17(25)24(16)19(26)23-18(13-7-3-1-4-8-13)14-9-5-2-6-10-14;1-5-2-3-8-6(7)4-5/h1-10,12,16,18,22H,11,20-21H2,(H,23,26);2-4H,1H3,(H2,7,8)/b15-12-;. The van der Waals surface area contributed by atoms with E-state index in [0.717, 1.165) is 21.6 Å². The summed E-state index contributed by atoms with van der Waals surface area (Å²) in [5, 5.41) is 2.94. The lowest BCUT2D eigenvalue weighted by atomic mass is 9.97. The molecule has 176 valence electrons.